The fourth-order valence-corrected chi connectivity index (χ4v) is 6.95. The van der Waals surface area contributed by atoms with Crippen molar-refractivity contribution in [2.75, 3.05) is 0 Å². The summed E-state index contributed by atoms with van der Waals surface area (Å²) in [7, 11) is -9.03. The van der Waals surface area contributed by atoms with Crippen LogP contribution < -0.4 is 4.18 Å². The van der Waals surface area contributed by atoms with E-state index in [1.54, 1.807) is 12.1 Å². The van der Waals surface area contributed by atoms with Gasteiger partial charge in [0, 0.05) is 0 Å². The van der Waals surface area contributed by atoms with Crippen LogP contribution in [0, 0.1) is 17.3 Å². The molecular weight excluding hydrogens is 408 g/mol. The van der Waals surface area contributed by atoms with Crippen LogP contribution in [0.1, 0.15) is 56.1 Å². The first kappa shape index (κ1) is 20.1. The molecule has 0 saturated heterocycles. The lowest BCUT2D eigenvalue weighted by Gasteiger charge is -2.50. The van der Waals surface area contributed by atoms with E-state index >= 15 is 0 Å². The maximum Gasteiger partial charge on any atom is 0.446 e. The summed E-state index contributed by atoms with van der Waals surface area (Å²) in [5.74, 6) is 1.10. The highest BCUT2D eigenvalue weighted by Gasteiger charge is 2.56. The van der Waals surface area contributed by atoms with Crippen molar-refractivity contribution in [2.45, 2.75) is 57.5 Å². The molecule has 2 N–H and O–H groups in total. The Balaban J connectivity index is 1.59. The normalized spacial score (nSPS) is 35.0. The molecule has 0 radical (unpaired) electrons. The second kappa shape index (κ2) is 6.66. The van der Waals surface area contributed by atoms with Crippen LogP contribution in [0.5, 0.6) is 5.75 Å². The Morgan fingerprint density at radius 3 is 2.46 bits per heavy atom. The van der Waals surface area contributed by atoms with Gasteiger partial charge in [-0.15, -0.1) is 0 Å². The van der Waals surface area contributed by atoms with Crippen molar-refractivity contribution >= 4 is 20.8 Å². The van der Waals surface area contributed by atoms with Crippen LogP contribution in [0.2, 0.25) is 0 Å². The molecule has 3 aliphatic carbocycles. The first-order valence-corrected chi connectivity index (χ1v) is 12.1. The van der Waals surface area contributed by atoms with Gasteiger partial charge in [0.05, 0.1) is 6.10 Å². The van der Waals surface area contributed by atoms with Crippen LogP contribution in [0.15, 0.2) is 18.2 Å². The summed E-state index contributed by atoms with van der Waals surface area (Å²) in [6.45, 7) is 2.06. The third-order valence-corrected chi connectivity index (χ3v) is 7.93. The SMILES string of the molecule is C[C@]12CC[C@@H]3c4ccc(OS(=O)(=O)O)cc4CC[C@H]3[C@@H]1CCC2OS(=O)(=O)O. The second-order valence-electron chi connectivity index (χ2n) is 8.42. The summed E-state index contributed by atoms with van der Waals surface area (Å²) >= 11 is 0. The van der Waals surface area contributed by atoms with Gasteiger partial charge in [-0.05, 0) is 85.0 Å². The maximum absolute atomic E-state index is 11.2. The molecule has 1 aromatic carbocycles. The molecule has 8 nitrogen and oxygen atoms in total. The lowest BCUT2D eigenvalue weighted by atomic mass is 9.55. The Bertz CT molecular complexity index is 987. The summed E-state index contributed by atoms with van der Waals surface area (Å²) in [5, 5.41) is 0. The maximum atomic E-state index is 11.2. The Labute approximate surface area is 165 Å². The minimum Gasteiger partial charge on any atom is -0.362 e. The molecule has 4 rings (SSSR count). The highest BCUT2D eigenvalue weighted by atomic mass is 32.3. The Morgan fingerprint density at radius 2 is 1.79 bits per heavy atom. The number of benzene rings is 1. The van der Waals surface area contributed by atoms with Crippen molar-refractivity contribution in [3.05, 3.63) is 29.3 Å². The van der Waals surface area contributed by atoms with Crippen LogP contribution >= 0.6 is 0 Å². The van der Waals surface area contributed by atoms with Crippen molar-refractivity contribution in [2.24, 2.45) is 17.3 Å². The van der Waals surface area contributed by atoms with E-state index in [-0.39, 0.29) is 11.2 Å². The average Bonchev–Trinajstić information content (AvgIpc) is 2.88. The summed E-state index contributed by atoms with van der Waals surface area (Å²) in [5.41, 5.74) is 1.90. The first-order valence-electron chi connectivity index (χ1n) is 9.42. The zero-order valence-corrected chi connectivity index (χ0v) is 17.1. The number of rotatable bonds is 4. The van der Waals surface area contributed by atoms with Crippen molar-refractivity contribution in [3.63, 3.8) is 0 Å². The molecule has 28 heavy (non-hydrogen) atoms. The Morgan fingerprint density at radius 1 is 1.04 bits per heavy atom. The number of aryl methyl sites for hydroxylation is 1. The van der Waals surface area contributed by atoms with E-state index < -0.39 is 26.9 Å². The van der Waals surface area contributed by atoms with Gasteiger partial charge in [-0.25, -0.2) is 4.18 Å². The molecule has 0 aromatic heterocycles. The van der Waals surface area contributed by atoms with Crippen molar-refractivity contribution in [1.82, 2.24) is 0 Å². The number of fused-ring (bicyclic) bond motifs is 5. The first-order chi connectivity index (χ1) is 13.0. The second-order valence-corrected chi connectivity index (χ2v) is 10.5. The van der Waals surface area contributed by atoms with Crippen LogP contribution in [0.25, 0.3) is 0 Å². The van der Waals surface area contributed by atoms with Gasteiger partial charge in [-0.3, -0.25) is 9.11 Å². The van der Waals surface area contributed by atoms with Crippen LogP contribution in [0.4, 0.5) is 0 Å². The summed E-state index contributed by atoms with van der Waals surface area (Å²) in [6, 6.07) is 5.10. The molecule has 0 spiro atoms. The Hall–Kier alpha value is -1.20. The smallest absolute Gasteiger partial charge is 0.362 e. The average molecular weight is 433 g/mol. The summed E-state index contributed by atoms with van der Waals surface area (Å²) < 4.78 is 72.0. The van der Waals surface area contributed by atoms with Gasteiger partial charge in [0.25, 0.3) is 0 Å². The van der Waals surface area contributed by atoms with Gasteiger partial charge in [0.1, 0.15) is 5.75 Å². The largest absolute Gasteiger partial charge is 0.446 e. The third kappa shape index (κ3) is 3.68. The fourth-order valence-electron chi connectivity index (χ4n) is 5.99. The van der Waals surface area contributed by atoms with Gasteiger partial charge in [0.15, 0.2) is 0 Å². The molecule has 156 valence electrons. The molecule has 5 atom stereocenters. The Kier molecular flexibility index (Phi) is 4.78. The van der Waals surface area contributed by atoms with E-state index in [4.69, 9.17) is 13.3 Å². The zero-order chi connectivity index (χ0) is 20.3. The third-order valence-electron chi connectivity index (χ3n) is 7.05. The van der Waals surface area contributed by atoms with E-state index in [1.807, 2.05) is 6.07 Å². The van der Waals surface area contributed by atoms with E-state index in [2.05, 4.69) is 11.1 Å². The zero-order valence-electron chi connectivity index (χ0n) is 15.4. The highest BCUT2D eigenvalue weighted by Crippen LogP contribution is 2.61. The molecule has 2 fully saturated rings. The predicted molar refractivity (Wildman–Crippen MR) is 99.7 cm³/mol. The predicted octanol–water partition coefficient (Wildman–Crippen LogP) is 2.91. The van der Waals surface area contributed by atoms with Crippen LogP contribution in [-0.2, 0) is 31.4 Å². The molecule has 1 unspecified atom stereocenters. The molecule has 3 aliphatic rings. The number of hydrogen-bond acceptors (Lipinski definition) is 6. The minimum absolute atomic E-state index is 0.0998. The standard InChI is InChI=1S/C18H24O8S2/c1-18-9-8-14-13-5-3-12(25-27(19,20)21)10-11(13)2-4-15(14)16(18)6-7-17(18)26-28(22,23)24/h3,5,10,14-17H,2,4,6-9H2,1H3,(H,19,20,21)(H,22,23,24)/t14-,15-,16+,17?,18+/m1/s1. The van der Waals surface area contributed by atoms with Crippen LogP contribution in [-0.4, -0.2) is 32.0 Å². The number of hydrogen-bond donors (Lipinski definition) is 2. The van der Waals surface area contributed by atoms with Crippen LogP contribution in [0.3, 0.4) is 0 Å². The highest BCUT2D eigenvalue weighted by molar-refractivity contribution is 7.81. The molecule has 0 bridgehead atoms. The molecule has 0 heterocycles. The molecule has 0 amide bonds. The van der Waals surface area contributed by atoms with E-state index in [0.29, 0.717) is 24.2 Å². The fraction of sp³-hybridized carbons (Fsp3) is 0.667. The van der Waals surface area contributed by atoms with E-state index in [1.165, 1.54) is 5.56 Å². The van der Waals surface area contributed by atoms with E-state index in [9.17, 15) is 16.8 Å². The summed E-state index contributed by atoms with van der Waals surface area (Å²) in [6.07, 6.45) is 4.30. The summed E-state index contributed by atoms with van der Waals surface area (Å²) in [4.78, 5) is 0. The lowest BCUT2D eigenvalue weighted by molar-refractivity contribution is -0.0121. The molecule has 0 aliphatic heterocycles. The van der Waals surface area contributed by atoms with Gasteiger partial charge >= 0.3 is 20.8 Å². The van der Waals surface area contributed by atoms with Crippen molar-refractivity contribution in [3.8, 4) is 5.75 Å². The molecular formula is C18H24O8S2. The molecule has 2 saturated carbocycles. The lowest BCUT2D eigenvalue weighted by Crippen LogP contribution is -2.45. The topological polar surface area (TPSA) is 127 Å². The van der Waals surface area contributed by atoms with Gasteiger partial charge in [-0.2, -0.15) is 16.8 Å². The molecule has 1 aromatic rings. The molecule has 10 heteroatoms. The quantitative estimate of drug-likeness (QED) is 0.695. The van der Waals surface area contributed by atoms with E-state index in [0.717, 1.165) is 37.7 Å². The van der Waals surface area contributed by atoms with Gasteiger partial charge in [-0.1, -0.05) is 13.0 Å². The van der Waals surface area contributed by atoms with Gasteiger partial charge < -0.3 is 4.18 Å². The van der Waals surface area contributed by atoms with Gasteiger partial charge in [0.2, 0.25) is 0 Å². The monoisotopic (exact) mass is 432 g/mol. The van der Waals surface area contributed by atoms with Crippen molar-refractivity contribution < 1.29 is 34.3 Å². The van der Waals surface area contributed by atoms with Crippen molar-refractivity contribution in [1.29, 1.82) is 0 Å². The minimum atomic E-state index is -4.55.